The van der Waals surface area contributed by atoms with E-state index in [1.165, 1.54) is 4.88 Å². The highest BCUT2D eigenvalue weighted by atomic mass is 32.1. The molecule has 4 heterocycles. The maximum atomic E-state index is 12.1. The van der Waals surface area contributed by atoms with Gasteiger partial charge in [0, 0.05) is 50.8 Å². The number of ether oxygens (including phenoxy) is 1. The third kappa shape index (κ3) is 3.55. The molecule has 4 rings (SSSR count). The number of rotatable bonds is 5. The highest BCUT2D eigenvalue weighted by Gasteiger charge is 2.52. The predicted molar refractivity (Wildman–Crippen MR) is 97.7 cm³/mol. The van der Waals surface area contributed by atoms with Gasteiger partial charge >= 0.3 is 6.03 Å². The van der Waals surface area contributed by atoms with E-state index in [-0.39, 0.29) is 11.6 Å². The van der Waals surface area contributed by atoms with Crippen molar-refractivity contribution in [3.8, 4) is 0 Å². The molecule has 0 radical (unpaired) electrons. The first kappa shape index (κ1) is 17.2. The van der Waals surface area contributed by atoms with Gasteiger partial charge in [-0.2, -0.15) is 0 Å². The number of likely N-dealkylation sites (tertiary alicyclic amines) is 2. The van der Waals surface area contributed by atoms with E-state index in [9.17, 15) is 4.79 Å². The second-order valence-electron chi connectivity index (χ2n) is 7.62. The first-order valence-corrected chi connectivity index (χ1v) is 10.3. The minimum atomic E-state index is 0.0248. The Morgan fingerprint density at radius 1 is 1.44 bits per heavy atom. The van der Waals surface area contributed by atoms with Gasteiger partial charge in [0.2, 0.25) is 0 Å². The molecular weight excluding hydrogens is 336 g/mol. The predicted octanol–water partition coefficient (Wildman–Crippen LogP) is 2.24. The molecule has 1 unspecified atom stereocenters. The van der Waals surface area contributed by atoms with Crippen molar-refractivity contribution in [3.63, 3.8) is 0 Å². The van der Waals surface area contributed by atoms with Gasteiger partial charge in [-0.15, -0.1) is 11.3 Å². The molecule has 0 saturated carbocycles. The summed E-state index contributed by atoms with van der Waals surface area (Å²) in [6.45, 7) is 8.53. The molecule has 138 valence electrons. The molecule has 3 aliphatic heterocycles. The highest BCUT2D eigenvalue weighted by Crippen LogP contribution is 2.42. The van der Waals surface area contributed by atoms with Crippen molar-refractivity contribution >= 4 is 17.4 Å². The number of aryl methyl sites for hydroxylation is 1. The molecule has 3 aliphatic rings. The van der Waals surface area contributed by atoms with Crippen LogP contribution in [0.5, 0.6) is 0 Å². The van der Waals surface area contributed by atoms with E-state index in [2.05, 4.69) is 22.1 Å². The average Bonchev–Trinajstić information content (AvgIpc) is 3.29. The number of thiazole rings is 1. The van der Waals surface area contributed by atoms with Crippen LogP contribution >= 0.6 is 11.3 Å². The molecule has 1 atom stereocenters. The number of hydrogen-bond donors (Lipinski definition) is 1. The molecule has 6 nitrogen and oxygen atoms in total. The summed E-state index contributed by atoms with van der Waals surface area (Å²) in [7, 11) is 0. The number of nitrogens with zero attached hydrogens (tertiary/aromatic N) is 3. The first-order chi connectivity index (χ1) is 12.2. The lowest BCUT2D eigenvalue weighted by atomic mass is 9.79. The summed E-state index contributed by atoms with van der Waals surface area (Å²) in [5, 5.41) is 3.10. The molecule has 0 aliphatic carbocycles. The van der Waals surface area contributed by atoms with Crippen LogP contribution in [0.4, 0.5) is 4.79 Å². The maximum Gasteiger partial charge on any atom is 0.317 e. The number of carbonyl (C=O) groups excluding carboxylic acids is 1. The molecule has 1 N–H and O–H groups in total. The fourth-order valence-electron chi connectivity index (χ4n) is 4.43. The normalized spacial score (nSPS) is 25.5. The molecule has 2 amide bonds. The van der Waals surface area contributed by atoms with Crippen molar-refractivity contribution in [2.45, 2.75) is 44.8 Å². The summed E-state index contributed by atoms with van der Waals surface area (Å²) in [6.07, 6.45) is 4.42. The Morgan fingerprint density at radius 2 is 2.24 bits per heavy atom. The van der Waals surface area contributed by atoms with Crippen LogP contribution in [0.15, 0.2) is 5.51 Å². The molecule has 7 heteroatoms. The highest BCUT2D eigenvalue weighted by molar-refractivity contribution is 7.09. The van der Waals surface area contributed by atoms with Gasteiger partial charge in [0.05, 0.1) is 16.8 Å². The minimum absolute atomic E-state index is 0.0248. The third-order valence-corrected chi connectivity index (χ3v) is 6.88. The second-order valence-corrected chi connectivity index (χ2v) is 8.56. The lowest BCUT2D eigenvalue weighted by Crippen LogP contribution is -2.64. The van der Waals surface area contributed by atoms with Crippen LogP contribution in [-0.4, -0.2) is 65.7 Å². The quantitative estimate of drug-likeness (QED) is 0.871. The van der Waals surface area contributed by atoms with Gasteiger partial charge in [0.25, 0.3) is 0 Å². The van der Waals surface area contributed by atoms with E-state index in [1.54, 1.807) is 11.3 Å². The van der Waals surface area contributed by atoms with Crippen molar-refractivity contribution in [2.24, 2.45) is 5.92 Å². The Morgan fingerprint density at radius 3 is 2.96 bits per heavy atom. The van der Waals surface area contributed by atoms with E-state index in [1.807, 2.05) is 10.4 Å². The molecular formula is C18H28N4O2S. The number of urea groups is 1. The lowest BCUT2D eigenvalue weighted by molar-refractivity contribution is -0.136. The van der Waals surface area contributed by atoms with Crippen LogP contribution in [0.1, 0.15) is 36.3 Å². The van der Waals surface area contributed by atoms with Crippen molar-refractivity contribution in [2.75, 3.05) is 39.3 Å². The zero-order valence-electron chi connectivity index (χ0n) is 15.0. The van der Waals surface area contributed by atoms with Crippen LogP contribution < -0.4 is 5.32 Å². The Balaban J connectivity index is 1.23. The van der Waals surface area contributed by atoms with Crippen molar-refractivity contribution in [1.29, 1.82) is 0 Å². The van der Waals surface area contributed by atoms with Gasteiger partial charge in [0.1, 0.15) is 0 Å². The summed E-state index contributed by atoms with van der Waals surface area (Å²) in [5.41, 5.74) is 3.11. The van der Waals surface area contributed by atoms with Crippen LogP contribution in [-0.2, 0) is 11.3 Å². The standard InChI is InChI=1S/C18H28N4O2S/c1-14-16(25-13-20-14)10-21-11-18(12-21)15(5-9-24-18)4-6-19-17(23)22-7-2-3-8-22/h13,15H,2-12H2,1H3,(H,19,23). The smallest absolute Gasteiger partial charge is 0.317 e. The maximum absolute atomic E-state index is 12.1. The first-order valence-electron chi connectivity index (χ1n) is 9.44. The molecule has 1 aromatic heterocycles. The molecule has 1 aromatic rings. The van der Waals surface area contributed by atoms with E-state index < -0.39 is 0 Å². The number of amides is 2. The van der Waals surface area contributed by atoms with Gasteiger partial charge in [-0.1, -0.05) is 0 Å². The SMILES string of the molecule is Cc1ncsc1CN1CC2(C1)OCCC2CCNC(=O)N1CCCC1. The van der Waals surface area contributed by atoms with Crippen molar-refractivity contribution in [1.82, 2.24) is 20.1 Å². The Labute approximate surface area is 153 Å². The molecule has 0 bridgehead atoms. The van der Waals surface area contributed by atoms with Crippen molar-refractivity contribution in [3.05, 3.63) is 16.1 Å². The van der Waals surface area contributed by atoms with Crippen LogP contribution in [0, 0.1) is 12.8 Å². The fourth-order valence-corrected chi connectivity index (χ4v) is 5.25. The molecule has 1 spiro atoms. The zero-order chi connectivity index (χ0) is 17.3. The molecule has 25 heavy (non-hydrogen) atoms. The summed E-state index contributed by atoms with van der Waals surface area (Å²) < 4.78 is 6.15. The summed E-state index contributed by atoms with van der Waals surface area (Å²) in [5.74, 6) is 0.560. The summed E-state index contributed by atoms with van der Waals surface area (Å²) >= 11 is 1.74. The minimum Gasteiger partial charge on any atom is -0.372 e. The molecule has 0 aromatic carbocycles. The summed E-state index contributed by atoms with van der Waals surface area (Å²) in [6, 6.07) is 0.112. The monoisotopic (exact) mass is 364 g/mol. The number of hydrogen-bond acceptors (Lipinski definition) is 5. The number of carbonyl (C=O) groups is 1. The third-order valence-electron chi connectivity index (χ3n) is 5.96. The van der Waals surface area contributed by atoms with E-state index in [0.29, 0.717) is 5.92 Å². The van der Waals surface area contributed by atoms with Gasteiger partial charge in [-0.3, -0.25) is 4.90 Å². The van der Waals surface area contributed by atoms with Gasteiger partial charge in [0.15, 0.2) is 0 Å². The van der Waals surface area contributed by atoms with E-state index >= 15 is 0 Å². The van der Waals surface area contributed by atoms with Gasteiger partial charge in [-0.05, 0) is 38.5 Å². The lowest BCUT2D eigenvalue weighted by Gasteiger charge is -2.50. The molecule has 3 saturated heterocycles. The van der Waals surface area contributed by atoms with E-state index in [0.717, 1.165) is 77.3 Å². The number of nitrogens with one attached hydrogen (secondary N) is 1. The summed E-state index contributed by atoms with van der Waals surface area (Å²) in [4.78, 5) is 22.2. The Bertz CT molecular complexity index is 608. The van der Waals surface area contributed by atoms with Crippen molar-refractivity contribution < 1.29 is 9.53 Å². The number of aromatic nitrogens is 1. The van der Waals surface area contributed by atoms with Gasteiger partial charge in [-0.25, -0.2) is 9.78 Å². The van der Waals surface area contributed by atoms with Crippen LogP contribution in [0.25, 0.3) is 0 Å². The average molecular weight is 365 g/mol. The largest absolute Gasteiger partial charge is 0.372 e. The van der Waals surface area contributed by atoms with Crippen LogP contribution in [0.3, 0.4) is 0 Å². The van der Waals surface area contributed by atoms with E-state index in [4.69, 9.17) is 4.74 Å². The topological polar surface area (TPSA) is 57.7 Å². The Hall–Kier alpha value is -1.18. The fraction of sp³-hybridized carbons (Fsp3) is 0.778. The van der Waals surface area contributed by atoms with Gasteiger partial charge < -0.3 is 15.0 Å². The second kappa shape index (κ2) is 7.21. The zero-order valence-corrected chi connectivity index (χ0v) is 15.8. The Kier molecular flexibility index (Phi) is 4.97. The van der Waals surface area contributed by atoms with Crippen LogP contribution in [0.2, 0.25) is 0 Å². The molecule has 3 fully saturated rings.